The summed E-state index contributed by atoms with van der Waals surface area (Å²) in [5.41, 5.74) is 3.23. The zero-order valence-corrected chi connectivity index (χ0v) is 11.4. The molecule has 0 bridgehead atoms. The molecule has 2 heterocycles. The quantitative estimate of drug-likeness (QED) is 0.486. The molecule has 3 aromatic rings. The summed E-state index contributed by atoms with van der Waals surface area (Å²) in [4.78, 5) is 6.77. The zero-order valence-electron chi connectivity index (χ0n) is 9.85. The standard InChI is InChI=1S/C15H9ClN2S/c16-9-5-6-12-13(7-9)19-14-8-17-11-4-2-1-3-10(11)15(14)18-12/h1-8,18H. The maximum Gasteiger partial charge on any atom is 0.0723 e. The average molecular weight is 285 g/mol. The second kappa shape index (κ2) is 4.15. The molecule has 0 spiro atoms. The van der Waals surface area contributed by atoms with Gasteiger partial charge in [0, 0.05) is 21.5 Å². The van der Waals surface area contributed by atoms with Crippen molar-refractivity contribution in [3.8, 4) is 0 Å². The number of para-hydroxylation sites is 1. The number of anilines is 2. The Morgan fingerprint density at radius 1 is 1.05 bits per heavy atom. The smallest absolute Gasteiger partial charge is 0.0723 e. The first-order valence-electron chi connectivity index (χ1n) is 5.93. The van der Waals surface area contributed by atoms with E-state index in [0.717, 1.165) is 37.1 Å². The lowest BCUT2D eigenvalue weighted by Gasteiger charge is -2.21. The summed E-state index contributed by atoms with van der Waals surface area (Å²) < 4.78 is 0. The monoisotopic (exact) mass is 284 g/mol. The molecule has 1 N–H and O–H groups in total. The Hall–Kier alpha value is -1.71. The van der Waals surface area contributed by atoms with Gasteiger partial charge in [0.15, 0.2) is 0 Å². The second-order valence-corrected chi connectivity index (χ2v) is 5.90. The normalized spacial score (nSPS) is 12.7. The summed E-state index contributed by atoms with van der Waals surface area (Å²) in [6.45, 7) is 0. The fourth-order valence-electron chi connectivity index (χ4n) is 2.27. The number of nitrogens with one attached hydrogen (secondary N) is 1. The molecule has 0 saturated heterocycles. The van der Waals surface area contributed by atoms with Crippen LogP contribution in [0.4, 0.5) is 11.4 Å². The maximum atomic E-state index is 6.04. The van der Waals surface area contributed by atoms with E-state index in [1.165, 1.54) is 0 Å². The number of aromatic nitrogens is 1. The van der Waals surface area contributed by atoms with E-state index in [2.05, 4.69) is 16.4 Å². The Kier molecular flexibility index (Phi) is 2.43. The molecule has 19 heavy (non-hydrogen) atoms. The van der Waals surface area contributed by atoms with Crippen LogP contribution in [0.5, 0.6) is 0 Å². The number of hydrogen-bond acceptors (Lipinski definition) is 3. The van der Waals surface area contributed by atoms with Crippen LogP contribution in [-0.4, -0.2) is 4.98 Å². The largest absolute Gasteiger partial charge is 0.353 e. The molecule has 0 fully saturated rings. The molecule has 0 atom stereocenters. The van der Waals surface area contributed by atoms with Gasteiger partial charge in [-0.15, -0.1) is 0 Å². The molecule has 0 saturated carbocycles. The molecule has 2 aromatic carbocycles. The molecule has 4 heteroatoms. The van der Waals surface area contributed by atoms with E-state index in [4.69, 9.17) is 11.6 Å². The van der Waals surface area contributed by atoms with Crippen molar-refractivity contribution >= 4 is 45.6 Å². The Morgan fingerprint density at radius 2 is 1.95 bits per heavy atom. The molecular formula is C15H9ClN2S. The predicted octanol–water partition coefficient (Wildman–Crippen LogP) is 5.10. The van der Waals surface area contributed by atoms with Crippen LogP contribution in [0.3, 0.4) is 0 Å². The highest BCUT2D eigenvalue weighted by molar-refractivity contribution is 7.99. The minimum absolute atomic E-state index is 0.755. The fraction of sp³-hybridized carbons (Fsp3) is 0. The Balaban J connectivity index is 1.94. The van der Waals surface area contributed by atoms with Crippen molar-refractivity contribution in [3.05, 3.63) is 53.7 Å². The van der Waals surface area contributed by atoms with Crippen molar-refractivity contribution < 1.29 is 0 Å². The van der Waals surface area contributed by atoms with Crippen LogP contribution in [0.1, 0.15) is 0 Å². The van der Waals surface area contributed by atoms with E-state index >= 15 is 0 Å². The Labute approximate surface area is 119 Å². The number of rotatable bonds is 0. The average Bonchev–Trinajstić information content (AvgIpc) is 2.45. The first-order valence-corrected chi connectivity index (χ1v) is 7.13. The third-order valence-electron chi connectivity index (χ3n) is 3.16. The van der Waals surface area contributed by atoms with Gasteiger partial charge in [-0.05, 0) is 24.3 Å². The summed E-state index contributed by atoms with van der Waals surface area (Å²) in [6.07, 6.45) is 1.92. The number of benzene rings is 2. The van der Waals surface area contributed by atoms with E-state index in [1.807, 2.05) is 42.6 Å². The van der Waals surface area contributed by atoms with Gasteiger partial charge >= 0.3 is 0 Å². The second-order valence-electron chi connectivity index (χ2n) is 4.38. The van der Waals surface area contributed by atoms with Crippen LogP contribution in [0.15, 0.2) is 58.5 Å². The summed E-state index contributed by atoms with van der Waals surface area (Å²) in [7, 11) is 0. The van der Waals surface area contributed by atoms with Gasteiger partial charge in [0.05, 0.1) is 21.8 Å². The zero-order chi connectivity index (χ0) is 12.8. The van der Waals surface area contributed by atoms with Crippen molar-refractivity contribution in [1.29, 1.82) is 0 Å². The van der Waals surface area contributed by atoms with E-state index in [0.29, 0.717) is 0 Å². The summed E-state index contributed by atoms with van der Waals surface area (Å²) in [6, 6.07) is 14.1. The van der Waals surface area contributed by atoms with Crippen LogP contribution in [-0.2, 0) is 0 Å². The highest BCUT2D eigenvalue weighted by Gasteiger charge is 2.18. The molecule has 0 radical (unpaired) electrons. The highest BCUT2D eigenvalue weighted by Crippen LogP contribution is 2.46. The van der Waals surface area contributed by atoms with E-state index in [-0.39, 0.29) is 0 Å². The van der Waals surface area contributed by atoms with Crippen molar-refractivity contribution in [2.45, 2.75) is 9.79 Å². The fourth-order valence-corrected chi connectivity index (χ4v) is 3.52. The van der Waals surface area contributed by atoms with Crippen molar-refractivity contribution in [3.63, 3.8) is 0 Å². The van der Waals surface area contributed by atoms with Crippen LogP contribution in [0.25, 0.3) is 10.9 Å². The lowest BCUT2D eigenvalue weighted by atomic mass is 10.1. The highest BCUT2D eigenvalue weighted by atomic mass is 35.5. The number of hydrogen-bond donors (Lipinski definition) is 1. The van der Waals surface area contributed by atoms with Crippen molar-refractivity contribution in [1.82, 2.24) is 4.98 Å². The van der Waals surface area contributed by atoms with Crippen LogP contribution in [0.2, 0.25) is 5.02 Å². The van der Waals surface area contributed by atoms with Crippen LogP contribution >= 0.6 is 23.4 Å². The number of halogens is 1. The molecule has 1 aromatic heterocycles. The Morgan fingerprint density at radius 3 is 2.89 bits per heavy atom. The van der Waals surface area contributed by atoms with Crippen LogP contribution in [0, 0.1) is 0 Å². The molecule has 1 aliphatic rings. The molecule has 92 valence electrons. The lowest BCUT2D eigenvalue weighted by molar-refractivity contribution is 1.26. The molecule has 0 unspecified atom stereocenters. The molecule has 0 aliphatic carbocycles. The summed E-state index contributed by atoms with van der Waals surface area (Å²) >= 11 is 7.74. The maximum absolute atomic E-state index is 6.04. The van der Waals surface area contributed by atoms with E-state index < -0.39 is 0 Å². The SMILES string of the molecule is Clc1ccc2c(c1)Sc1cnc3ccccc3c1N2. The molecule has 0 amide bonds. The van der Waals surface area contributed by atoms with Gasteiger partial charge in [0.1, 0.15) is 0 Å². The lowest BCUT2D eigenvalue weighted by Crippen LogP contribution is -2.01. The number of nitrogens with zero attached hydrogens (tertiary/aromatic N) is 1. The van der Waals surface area contributed by atoms with Gasteiger partial charge in [0.25, 0.3) is 0 Å². The first-order chi connectivity index (χ1) is 9.31. The minimum Gasteiger partial charge on any atom is -0.353 e. The summed E-state index contributed by atoms with van der Waals surface area (Å²) in [5, 5.41) is 5.39. The van der Waals surface area contributed by atoms with Gasteiger partial charge in [0.2, 0.25) is 0 Å². The van der Waals surface area contributed by atoms with Crippen molar-refractivity contribution in [2.24, 2.45) is 0 Å². The van der Waals surface area contributed by atoms with Gasteiger partial charge in [-0.1, -0.05) is 41.6 Å². The van der Waals surface area contributed by atoms with Crippen molar-refractivity contribution in [2.75, 3.05) is 5.32 Å². The third-order valence-corrected chi connectivity index (χ3v) is 4.49. The van der Waals surface area contributed by atoms with Gasteiger partial charge in [-0.2, -0.15) is 0 Å². The molecule has 4 rings (SSSR count). The van der Waals surface area contributed by atoms with Gasteiger partial charge in [-0.25, -0.2) is 0 Å². The van der Waals surface area contributed by atoms with Gasteiger partial charge in [-0.3, -0.25) is 4.98 Å². The van der Waals surface area contributed by atoms with Crippen LogP contribution < -0.4 is 5.32 Å². The molecule has 1 aliphatic heterocycles. The number of pyridine rings is 1. The minimum atomic E-state index is 0.755. The van der Waals surface area contributed by atoms with E-state index in [1.54, 1.807) is 11.8 Å². The third kappa shape index (κ3) is 1.78. The van der Waals surface area contributed by atoms with Gasteiger partial charge < -0.3 is 5.32 Å². The predicted molar refractivity (Wildman–Crippen MR) is 80.6 cm³/mol. The Bertz CT molecular complexity index is 801. The summed E-state index contributed by atoms with van der Waals surface area (Å²) in [5.74, 6) is 0. The number of fused-ring (bicyclic) bond motifs is 4. The van der Waals surface area contributed by atoms with E-state index in [9.17, 15) is 0 Å². The molecule has 2 nitrogen and oxygen atoms in total. The molecular weight excluding hydrogens is 276 g/mol. The first kappa shape index (κ1) is 11.1. The topological polar surface area (TPSA) is 24.9 Å².